The first kappa shape index (κ1) is 24.8. The SMILES string of the molecule is CCC1CCN(C(=O)CC(C)(C)NC(=O)OCC2c3ccccc3-c3ccccc32)C(C(=O)O)C1. The lowest BCUT2D eigenvalue weighted by molar-refractivity contribution is -0.153. The number of alkyl carbamates (subject to hydrolysis) is 1. The molecule has 2 aromatic rings. The zero-order valence-electron chi connectivity index (χ0n) is 20.6. The molecule has 1 aliphatic carbocycles. The first-order valence-corrected chi connectivity index (χ1v) is 12.4. The minimum absolute atomic E-state index is 0.00222. The van der Waals surface area contributed by atoms with Crippen LogP contribution in [-0.4, -0.2) is 52.7 Å². The van der Waals surface area contributed by atoms with E-state index in [1.807, 2.05) is 31.2 Å². The van der Waals surface area contributed by atoms with Crippen molar-refractivity contribution in [1.82, 2.24) is 10.2 Å². The zero-order chi connectivity index (χ0) is 25.2. The molecular formula is C28H34N2O5. The first-order chi connectivity index (χ1) is 16.7. The molecule has 35 heavy (non-hydrogen) atoms. The van der Waals surface area contributed by atoms with Crippen LogP contribution in [0.5, 0.6) is 0 Å². The van der Waals surface area contributed by atoms with Gasteiger partial charge in [0.05, 0.1) is 0 Å². The number of hydrogen-bond acceptors (Lipinski definition) is 4. The molecule has 1 fully saturated rings. The number of carboxylic acids is 1. The van der Waals surface area contributed by atoms with E-state index in [4.69, 9.17) is 4.74 Å². The maximum absolute atomic E-state index is 13.0. The van der Waals surface area contributed by atoms with Crippen molar-refractivity contribution in [2.45, 2.75) is 64.0 Å². The molecule has 7 heteroatoms. The fourth-order valence-electron chi connectivity index (χ4n) is 5.38. The predicted molar refractivity (Wildman–Crippen MR) is 133 cm³/mol. The van der Waals surface area contributed by atoms with Crippen molar-refractivity contribution in [3.63, 3.8) is 0 Å². The maximum atomic E-state index is 13.0. The number of hydrogen-bond donors (Lipinski definition) is 2. The second kappa shape index (κ2) is 10.1. The fourth-order valence-corrected chi connectivity index (χ4v) is 5.38. The van der Waals surface area contributed by atoms with Crippen molar-refractivity contribution in [1.29, 1.82) is 0 Å². The molecule has 2 amide bonds. The highest BCUT2D eigenvalue weighted by atomic mass is 16.5. The van der Waals surface area contributed by atoms with Gasteiger partial charge >= 0.3 is 12.1 Å². The normalized spacial score (nSPS) is 19.6. The van der Waals surface area contributed by atoms with E-state index in [1.54, 1.807) is 13.8 Å². The monoisotopic (exact) mass is 478 g/mol. The zero-order valence-corrected chi connectivity index (χ0v) is 20.6. The predicted octanol–water partition coefficient (Wildman–Crippen LogP) is 4.80. The minimum atomic E-state index is -0.973. The Kier molecular flexibility index (Phi) is 7.15. The quantitative estimate of drug-likeness (QED) is 0.596. The van der Waals surface area contributed by atoms with Gasteiger partial charge in [-0.25, -0.2) is 9.59 Å². The van der Waals surface area contributed by atoms with Crippen molar-refractivity contribution in [3.05, 3.63) is 59.7 Å². The molecule has 7 nitrogen and oxygen atoms in total. The van der Waals surface area contributed by atoms with Gasteiger partial charge in [0, 0.05) is 24.4 Å². The fraction of sp³-hybridized carbons (Fsp3) is 0.464. The van der Waals surface area contributed by atoms with Crippen molar-refractivity contribution in [2.24, 2.45) is 5.92 Å². The van der Waals surface area contributed by atoms with Gasteiger partial charge in [-0.15, -0.1) is 0 Å². The topological polar surface area (TPSA) is 95.9 Å². The van der Waals surface area contributed by atoms with Crippen LogP contribution in [0.3, 0.4) is 0 Å². The maximum Gasteiger partial charge on any atom is 0.407 e. The molecule has 0 aromatic heterocycles. The molecular weight excluding hydrogens is 444 g/mol. The van der Waals surface area contributed by atoms with Gasteiger partial charge in [0.1, 0.15) is 12.6 Å². The lowest BCUT2D eigenvalue weighted by Crippen LogP contribution is -2.53. The summed E-state index contributed by atoms with van der Waals surface area (Å²) in [7, 11) is 0. The number of carbonyl (C=O) groups is 3. The standard InChI is InChI=1S/C28H34N2O5/c1-4-18-13-14-30(24(15-18)26(32)33)25(31)16-28(2,3)29-27(34)35-17-23-21-11-7-5-9-19(21)20-10-6-8-12-22(20)23/h5-12,18,23-24H,4,13-17H2,1-3H3,(H,29,34)(H,32,33). The van der Waals surface area contributed by atoms with Gasteiger partial charge in [-0.3, -0.25) is 4.79 Å². The van der Waals surface area contributed by atoms with Crippen molar-refractivity contribution < 1.29 is 24.2 Å². The number of rotatable bonds is 7. The number of nitrogens with one attached hydrogen (secondary N) is 1. The van der Waals surface area contributed by atoms with Crippen LogP contribution >= 0.6 is 0 Å². The molecule has 2 aliphatic rings. The molecule has 0 saturated carbocycles. The third-order valence-corrected chi connectivity index (χ3v) is 7.27. The Hall–Kier alpha value is -3.35. The van der Waals surface area contributed by atoms with Crippen LogP contribution in [0.25, 0.3) is 11.1 Å². The number of benzene rings is 2. The van der Waals surface area contributed by atoms with Crippen molar-refractivity contribution in [3.8, 4) is 11.1 Å². The summed E-state index contributed by atoms with van der Waals surface area (Å²) in [4.78, 5) is 38.9. The molecule has 1 aliphatic heterocycles. The van der Waals surface area contributed by atoms with E-state index in [9.17, 15) is 19.5 Å². The van der Waals surface area contributed by atoms with Gasteiger partial charge in [0.15, 0.2) is 0 Å². The molecule has 186 valence electrons. The van der Waals surface area contributed by atoms with Crippen LogP contribution < -0.4 is 5.32 Å². The Morgan fingerprint density at radius 1 is 1.06 bits per heavy atom. The van der Waals surface area contributed by atoms with E-state index in [0.717, 1.165) is 35.1 Å². The van der Waals surface area contributed by atoms with Crippen LogP contribution in [0.1, 0.15) is 63.5 Å². The van der Waals surface area contributed by atoms with E-state index < -0.39 is 23.6 Å². The lowest BCUT2D eigenvalue weighted by Gasteiger charge is -2.38. The third-order valence-electron chi connectivity index (χ3n) is 7.27. The minimum Gasteiger partial charge on any atom is -0.480 e. The number of likely N-dealkylation sites (tertiary alicyclic amines) is 1. The smallest absolute Gasteiger partial charge is 0.407 e. The van der Waals surface area contributed by atoms with Crippen LogP contribution in [0.15, 0.2) is 48.5 Å². The summed E-state index contributed by atoms with van der Waals surface area (Å²) in [6.07, 6.45) is 1.58. The molecule has 2 atom stereocenters. The van der Waals surface area contributed by atoms with Gasteiger partial charge in [-0.2, -0.15) is 0 Å². The van der Waals surface area contributed by atoms with E-state index in [2.05, 4.69) is 29.6 Å². The van der Waals surface area contributed by atoms with E-state index in [0.29, 0.717) is 18.9 Å². The number of carboxylic acid groups (broad SMARTS) is 1. The average Bonchev–Trinajstić information content (AvgIpc) is 3.15. The second-order valence-electron chi connectivity index (χ2n) is 10.3. The number of nitrogens with zero attached hydrogens (tertiary/aromatic N) is 1. The summed E-state index contributed by atoms with van der Waals surface area (Å²) >= 11 is 0. The largest absolute Gasteiger partial charge is 0.480 e. The molecule has 0 bridgehead atoms. The van der Waals surface area contributed by atoms with Crippen LogP contribution in [0.2, 0.25) is 0 Å². The highest BCUT2D eigenvalue weighted by molar-refractivity contribution is 5.85. The summed E-state index contributed by atoms with van der Waals surface area (Å²) in [5, 5.41) is 12.5. The Balaban J connectivity index is 1.36. The number of piperidine rings is 1. The number of carbonyl (C=O) groups excluding carboxylic acids is 2. The summed E-state index contributed by atoms with van der Waals surface area (Å²) in [5.74, 6) is -0.976. The molecule has 4 rings (SSSR count). The molecule has 1 saturated heterocycles. The number of aliphatic carboxylic acids is 1. The molecule has 2 aromatic carbocycles. The first-order valence-electron chi connectivity index (χ1n) is 12.4. The summed E-state index contributed by atoms with van der Waals surface area (Å²) in [6.45, 7) is 6.16. The van der Waals surface area contributed by atoms with E-state index in [1.165, 1.54) is 4.90 Å². The van der Waals surface area contributed by atoms with Gasteiger partial charge in [0.2, 0.25) is 5.91 Å². The highest BCUT2D eigenvalue weighted by Crippen LogP contribution is 2.44. The Morgan fingerprint density at radius 2 is 1.66 bits per heavy atom. The van der Waals surface area contributed by atoms with Crippen molar-refractivity contribution in [2.75, 3.05) is 13.2 Å². The molecule has 0 spiro atoms. The Bertz CT molecular complexity index is 1070. The van der Waals surface area contributed by atoms with Gasteiger partial charge < -0.3 is 20.1 Å². The van der Waals surface area contributed by atoms with Gasteiger partial charge in [-0.1, -0.05) is 61.9 Å². The van der Waals surface area contributed by atoms with E-state index in [-0.39, 0.29) is 24.9 Å². The average molecular weight is 479 g/mol. The summed E-state index contributed by atoms with van der Waals surface area (Å²) < 4.78 is 5.62. The van der Waals surface area contributed by atoms with Crippen LogP contribution in [0, 0.1) is 5.92 Å². The number of ether oxygens (including phenoxy) is 1. The molecule has 2 unspecified atom stereocenters. The Labute approximate surface area is 206 Å². The lowest BCUT2D eigenvalue weighted by atomic mass is 9.88. The van der Waals surface area contributed by atoms with Crippen LogP contribution in [-0.2, 0) is 14.3 Å². The summed E-state index contributed by atoms with van der Waals surface area (Å²) in [6, 6.07) is 15.4. The molecule has 2 N–H and O–H groups in total. The van der Waals surface area contributed by atoms with Gasteiger partial charge in [0.25, 0.3) is 0 Å². The van der Waals surface area contributed by atoms with E-state index >= 15 is 0 Å². The number of fused-ring (bicyclic) bond motifs is 3. The van der Waals surface area contributed by atoms with Gasteiger partial charge in [-0.05, 0) is 54.9 Å². The van der Waals surface area contributed by atoms with Crippen LogP contribution in [0.4, 0.5) is 4.79 Å². The third kappa shape index (κ3) is 5.34. The van der Waals surface area contributed by atoms with Crippen molar-refractivity contribution >= 4 is 18.0 Å². The molecule has 0 radical (unpaired) electrons. The summed E-state index contributed by atoms with van der Waals surface area (Å²) in [5.41, 5.74) is 3.69. The number of amides is 2. The Morgan fingerprint density at radius 3 is 2.23 bits per heavy atom. The second-order valence-corrected chi connectivity index (χ2v) is 10.3. The molecule has 1 heterocycles. The highest BCUT2D eigenvalue weighted by Gasteiger charge is 2.38.